The van der Waals surface area contributed by atoms with Crippen LogP contribution in [0.3, 0.4) is 0 Å². The summed E-state index contributed by atoms with van der Waals surface area (Å²) in [6, 6.07) is 17.3. The summed E-state index contributed by atoms with van der Waals surface area (Å²) in [6.45, 7) is 0. The van der Waals surface area contributed by atoms with Crippen LogP contribution in [0, 0.1) is 0 Å². The lowest BCUT2D eigenvalue weighted by Crippen LogP contribution is -2.13. The molecule has 0 heterocycles. The zero-order chi connectivity index (χ0) is 13.7. The third kappa shape index (κ3) is 3.42. The van der Waals surface area contributed by atoms with Crippen molar-refractivity contribution in [1.29, 1.82) is 0 Å². The van der Waals surface area contributed by atoms with Crippen LogP contribution in [-0.4, -0.2) is 13.1 Å². The van der Waals surface area contributed by atoms with Gasteiger partial charge in [-0.15, -0.1) is 0 Å². The van der Waals surface area contributed by atoms with Crippen molar-refractivity contribution >= 4 is 5.97 Å². The number of carbonyl (C=O) groups is 1. The minimum atomic E-state index is -0.320. The molecule has 0 aliphatic heterocycles. The quantitative estimate of drug-likeness (QED) is 0.855. The fraction of sp³-hybridized carbons (Fsp3) is 0.188. The van der Waals surface area contributed by atoms with E-state index in [2.05, 4.69) is 4.74 Å². The van der Waals surface area contributed by atoms with Gasteiger partial charge in [0.05, 0.1) is 12.7 Å². The number of benzene rings is 2. The summed E-state index contributed by atoms with van der Waals surface area (Å²) >= 11 is 0. The van der Waals surface area contributed by atoms with Gasteiger partial charge < -0.3 is 10.5 Å². The molecule has 0 aromatic heterocycles. The Balaban J connectivity index is 2.06. The van der Waals surface area contributed by atoms with Crippen molar-refractivity contribution < 1.29 is 9.53 Å². The van der Waals surface area contributed by atoms with Gasteiger partial charge in [-0.2, -0.15) is 0 Å². The number of rotatable bonds is 4. The first-order valence-electron chi connectivity index (χ1n) is 6.18. The van der Waals surface area contributed by atoms with Crippen LogP contribution in [0.15, 0.2) is 54.6 Å². The molecule has 0 spiro atoms. The Kier molecular flexibility index (Phi) is 4.31. The minimum absolute atomic E-state index is 0.0369. The molecule has 0 saturated carbocycles. The average molecular weight is 255 g/mol. The Hall–Kier alpha value is -2.13. The number of hydrogen-bond acceptors (Lipinski definition) is 3. The maximum absolute atomic E-state index is 11.3. The molecule has 2 aromatic carbocycles. The van der Waals surface area contributed by atoms with Crippen molar-refractivity contribution in [2.24, 2.45) is 5.73 Å². The van der Waals surface area contributed by atoms with Crippen molar-refractivity contribution in [2.45, 2.75) is 12.5 Å². The number of carbonyl (C=O) groups excluding carboxylic acids is 1. The molecule has 19 heavy (non-hydrogen) atoms. The van der Waals surface area contributed by atoms with Crippen LogP contribution in [0.4, 0.5) is 0 Å². The standard InChI is InChI=1S/C16H17NO2/c1-19-16(18)14-9-7-12(8-10-14)11-15(17)13-5-3-2-4-6-13/h2-10,15H,11,17H2,1H3/t15-/m1/s1. The van der Waals surface area contributed by atoms with Gasteiger partial charge in [-0.3, -0.25) is 0 Å². The number of nitrogens with two attached hydrogens (primary N) is 1. The molecule has 0 radical (unpaired) electrons. The Bertz CT molecular complexity index is 534. The normalized spacial score (nSPS) is 11.9. The highest BCUT2D eigenvalue weighted by atomic mass is 16.5. The van der Waals surface area contributed by atoms with E-state index in [0.717, 1.165) is 17.5 Å². The molecule has 3 nitrogen and oxygen atoms in total. The van der Waals surface area contributed by atoms with Gasteiger partial charge in [0, 0.05) is 6.04 Å². The predicted octanol–water partition coefficient (Wildman–Crippen LogP) is 2.72. The maximum atomic E-state index is 11.3. The van der Waals surface area contributed by atoms with E-state index in [1.165, 1.54) is 7.11 Å². The van der Waals surface area contributed by atoms with E-state index in [1.807, 2.05) is 42.5 Å². The van der Waals surface area contributed by atoms with Gasteiger partial charge in [0.15, 0.2) is 0 Å². The van der Waals surface area contributed by atoms with E-state index in [-0.39, 0.29) is 12.0 Å². The zero-order valence-electron chi connectivity index (χ0n) is 10.9. The summed E-state index contributed by atoms with van der Waals surface area (Å²) < 4.78 is 4.66. The zero-order valence-corrected chi connectivity index (χ0v) is 10.9. The molecule has 0 saturated heterocycles. The van der Waals surface area contributed by atoms with Crippen LogP contribution >= 0.6 is 0 Å². The Morgan fingerprint density at radius 2 is 1.74 bits per heavy atom. The van der Waals surface area contributed by atoms with Gasteiger partial charge in [0.1, 0.15) is 0 Å². The van der Waals surface area contributed by atoms with Gasteiger partial charge >= 0.3 is 5.97 Å². The van der Waals surface area contributed by atoms with E-state index < -0.39 is 0 Å². The minimum Gasteiger partial charge on any atom is -0.465 e. The molecule has 0 aliphatic rings. The van der Waals surface area contributed by atoms with Crippen LogP contribution in [0.2, 0.25) is 0 Å². The van der Waals surface area contributed by atoms with Crippen molar-refractivity contribution in [2.75, 3.05) is 7.11 Å². The lowest BCUT2D eigenvalue weighted by molar-refractivity contribution is 0.0600. The monoisotopic (exact) mass is 255 g/mol. The molecular formula is C16H17NO2. The van der Waals surface area contributed by atoms with Crippen LogP contribution in [-0.2, 0) is 11.2 Å². The summed E-state index contributed by atoms with van der Waals surface area (Å²) in [7, 11) is 1.38. The summed E-state index contributed by atoms with van der Waals surface area (Å²) in [6.07, 6.45) is 0.742. The lowest BCUT2D eigenvalue weighted by Gasteiger charge is -2.12. The average Bonchev–Trinajstić information content (AvgIpc) is 2.48. The second-order valence-electron chi connectivity index (χ2n) is 4.41. The van der Waals surface area contributed by atoms with Crippen LogP contribution < -0.4 is 5.73 Å². The van der Waals surface area contributed by atoms with E-state index in [4.69, 9.17) is 5.73 Å². The van der Waals surface area contributed by atoms with Crippen molar-refractivity contribution in [3.8, 4) is 0 Å². The fourth-order valence-corrected chi connectivity index (χ4v) is 1.97. The molecule has 3 heteroatoms. The summed E-state index contributed by atoms with van der Waals surface area (Å²) in [5.41, 5.74) is 8.93. The van der Waals surface area contributed by atoms with E-state index in [9.17, 15) is 4.79 Å². The van der Waals surface area contributed by atoms with Gasteiger partial charge in [-0.1, -0.05) is 42.5 Å². The summed E-state index contributed by atoms with van der Waals surface area (Å²) in [4.78, 5) is 11.3. The summed E-state index contributed by atoms with van der Waals surface area (Å²) in [5, 5.41) is 0. The summed E-state index contributed by atoms with van der Waals surface area (Å²) in [5.74, 6) is -0.320. The maximum Gasteiger partial charge on any atom is 0.337 e. The SMILES string of the molecule is COC(=O)c1ccc(C[C@@H](N)c2ccccc2)cc1. The Labute approximate surface area is 113 Å². The van der Waals surface area contributed by atoms with Gasteiger partial charge in [0.2, 0.25) is 0 Å². The van der Waals surface area contributed by atoms with Crippen LogP contribution in [0.25, 0.3) is 0 Å². The Morgan fingerprint density at radius 3 is 2.32 bits per heavy atom. The highest BCUT2D eigenvalue weighted by Crippen LogP contribution is 2.16. The smallest absolute Gasteiger partial charge is 0.337 e. The number of methoxy groups -OCH3 is 1. The molecule has 1 atom stereocenters. The highest BCUT2D eigenvalue weighted by molar-refractivity contribution is 5.89. The molecule has 2 aromatic rings. The first-order chi connectivity index (χ1) is 9.20. The van der Waals surface area contributed by atoms with Crippen LogP contribution in [0.5, 0.6) is 0 Å². The fourth-order valence-electron chi connectivity index (χ4n) is 1.97. The van der Waals surface area contributed by atoms with Crippen molar-refractivity contribution in [1.82, 2.24) is 0 Å². The third-order valence-corrected chi connectivity index (χ3v) is 3.06. The van der Waals surface area contributed by atoms with E-state index in [1.54, 1.807) is 12.1 Å². The van der Waals surface area contributed by atoms with E-state index in [0.29, 0.717) is 5.56 Å². The van der Waals surface area contributed by atoms with Crippen molar-refractivity contribution in [3.63, 3.8) is 0 Å². The molecule has 0 aliphatic carbocycles. The third-order valence-electron chi connectivity index (χ3n) is 3.06. The molecule has 98 valence electrons. The Morgan fingerprint density at radius 1 is 1.11 bits per heavy atom. The van der Waals surface area contributed by atoms with Crippen molar-refractivity contribution in [3.05, 3.63) is 71.3 Å². The predicted molar refractivity (Wildman–Crippen MR) is 74.9 cm³/mol. The molecular weight excluding hydrogens is 238 g/mol. The topological polar surface area (TPSA) is 52.3 Å². The lowest BCUT2D eigenvalue weighted by atomic mass is 9.99. The molecule has 2 N–H and O–H groups in total. The van der Waals surface area contributed by atoms with Gasteiger partial charge in [-0.25, -0.2) is 4.79 Å². The van der Waals surface area contributed by atoms with Gasteiger partial charge in [-0.05, 0) is 29.7 Å². The second-order valence-corrected chi connectivity index (χ2v) is 4.41. The molecule has 0 bridgehead atoms. The first-order valence-corrected chi connectivity index (χ1v) is 6.18. The largest absolute Gasteiger partial charge is 0.465 e. The number of hydrogen-bond donors (Lipinski definition) is 1. The molecule has 0 amide bonds. The number of ether oxygens (including phenoxy) is 1. The van der Waals surface area contributed by atoms with Gasteiger partial charge in [0.25, 0.3) is 0 Å². The molecule has 2 rings (SSSR count). The molecule has 0 unspecified atom stereocenters. The van der Waals surface area contributed by atoms with E-state index >= 15 is 0 Å². The second kappa shape index (κ2) is 6.16. The number of esters is 1. The molecule has 0 fully saturated rings. The first kappa shape index (κ1) is 13.3. The highest BCUT2D eigenvalue weighted by Gasteiger charge is 2.08. The van der Waals surface area contributed by atoms with Crippen LogP contribution in [0.1, 0.15) is 27.5 Å².